The average molecular weight is 248 g/mol. The third kappa shape index (κ3) is 2.71. The molecule has 0 aliphatic carbocycles. The van der Waals surface area contributed by atoms with Crippen LogP contribution in [0.15, 0.2) is 30.3 Å². The Balaban J connectivity index is 1.96. The molecule has 0 radical (unpaired) electrons. The fraction of sp³-hybridized carbons (Fsp3) is 0.500. The van der Waals surface area contributed by atoms with Crippen LogP contribution in [0.1, 0.15) is 18.9 Å². The number of carboxylic acid groups (broad SMARTS) is 1. The summed E-state index contributed by atoms with van der Waals surface area (Å²) in [4.78, 5) is 13.3. The highest BCUT2D eigenvalue weighted by molar-refractivity contribution is 5.79. The number of hydrogen-bond donors (Lipinski definition) is 2. The highest BCUT2D eigenvalue weighted by atomic mass is 16.4. The van der Waals surface area contributed by atoms with Gasteiger partial charge < -0.3 is 10.8 Å². The summed E-state index contributed by atoms with van der Waals surface area (Å²) in [6, 6.07) is 10.6. The van der Waals surface area contributed by atoms with E-state index in [1.807, 2.05) is 18.2 Å². The van der Waals surface area contributed by atoms with Crippen molar-refractivity contribution in [3.8, 4) is 0 Å². The van der Waals surface area contributed by atoms with Crippen molar-refractivity contribution in [2.45, 2.75) is 31.3 Å². The first kappa shape index (κ1) is 13.1. The molecule has 1 aromatic carbocycles. The molecule has 18 heavy (non-hydrogen) atoms. The number of carbonyl (C=O) groups is 1. The highest BCUT2D eigenvalue weighted by Gasteiger charge is 2.42. The molecular weight excluding hydrogens is 228 g/mol. The molecule has 4 heteroatoms. The van der Waals surface area contributed by atoms with Gasteiger partial charge in [0.1, 0.15) is 5.54 Å². The monoisotopic (exact) mass is 248 g/mol. The normalized spacial score (nSPS) is 26.1. The van der Waals surface area contributed by atoms with E-state index in [0.717, 1.165) is 13.0 Å². The largest absolute Gasteiger partial charge is 0.480 e. The van der Waals surface area contributed by atoms with E-state index in [-0.39, 0.29) is 0 Å². The summed E-state index contributed by atoms with van der Waals surface area (Å²) in [5.74, 6) is -0.892. The van der Waals surface area contributed by atoms with E-state index in [2.05, 4.69) is 24.0 Å². The molecule has 2 atom stereocenters. The SMILES string of the molecule is CC(Cc1ccccc1)N1CCC(N)(C(=O)O)C1. The maximum absolute atomic E-state index is 11.1. The molecule has 2 rings (SSSR count). The summed E-state index contributed by atoms with van der Waals surface area (Å²) >= 11 is 0. The molecule has 98 valence electrons. The van der Waals surface area contributed by atoms with Gasteiger partial charge in [0.25, 0.3) is 0 Å². The maximum atomic E-state index is 11.1. The lowest BCUT2D eigenvalue weighted by Crippen LogP contribution is -2.51. The van der Waals surface area contributed by atoms with Crippen molar-refractivity contribution in [1.29, 1.82) is 0 Å². The standard InChI is InChI=1S/C14H20N2O2/c1-11(9-12-5-3-2-4-6-12)16-8-7-14(15,10-16)13(17)18/h2-6,11H,7-10,15H2,1H3,(H,17,18). The van der Waals surface area contributed by atoms with Crippen molar-refractivity contribution in [3.05, 3.63) is 35.9 Å². The zero-order chi connectivity index (χ0) is 13.2. The van der Waals surface area contributed by atoms with Crippen LogP contribution in [0, 0.1) is 0 Å². The van der Waals surface area contributed by atoms with Gasteiger partial charge in [-0.1, -0.05) is 30.3 Å². The van der Waals surface area contributed by atoms with Gasteiger partial charge in [0.05, 0.1) is 0 Å². The first-order chi connectivity index (χ1) is 8.51. The van der Waals surface area contributed by atoms with Crippen LogP contribution in [0.3, 0.4) is 0 Å². The predicted molar refractivity (Wildman–Crippen MR) is 70.4 cm³/mol. The Hall–Kier alpha value is -1.39. The average Bonchev–Trinajstić information content (AvgIpc) is 2.75. The zero-order valence-corrected chi connectivity index (χ0v) is 10.7. The number of likely N-dealkylation sites (tertiary alicyclic amines) is 1. The van der Waals surface area contributed by atoms with Gasteiger partial charge in [0.15, 0.2) is 0 Å². The molecular formula is C14H20N2O2. The van der Waals surface area contributed by atoms with E-state index < -0.39 is 11.5 Å². The molecule has 1 aliphatic heterocycles. The molecule has 0 bridgehead atoms. The molecule has 0 amide bonds. The lowest BCUT2D eigenvalue weighted by atomic mass is 10.0. The lowest BCUT2D eigenvalue weighted by Gasteiger charge is -2.26. The molecule has 3 N–H and O–H groups in total. The molecule has 0 aromatic heterocycles. The van der Waals surface area contributed by atoms with Gasteiger partial charge in [-0.2, -0.15) is 0 Å². The third-order valence-electron chi connectivity index (χ3n) is 3.75. The minimum Gasteiger partial charge on any atom is -0.480 e. The van der Waals surface area contributed by atoms with Gasteiger partial charge in [0.2, 0.25) is 0 Å². The van der Waals surface area contributed by atoms with Crippen molar-refractivity contribution in [3.63, 3.8) is 0 Å². The fourth-order valence-electron chi connectivity index (χ4n) is 2.50. The first-order valence-electron chi connectivity index (χ1n) is 6.31. The topological polar surface area (TPSA) is 66.6 Å². The molecule has 4 nitrogen and oxygen atoms in total. The maximum Gasteiger partial charge on any atom is 0.325 e. The number of nitrogens with two attached hydrogens (primary N) is 1. The summed E-state index contributed by atoms with van der Waals surface area (Å²) in [6.07, 6.45) is 1.46. The summed E-state index contributed by atoms with van der Waals surface area (Å²) in [5, 5.41) is 9.11. The van der Waals surface area contributed by atoms with E-state index in [4.69, 9.17) is 10.8 Å². The first-order valence-corrected chi connectivity index (χ1v) is 6.31. The predicted octanol–water partition coefficient (Wildman–Crippen LogP) is 1.11. The summed E-state index contributed by atoms with van der Waals surface area (Å²) in [7, 11) is 0. The molecule has 0 saturated carbocycles. The van der Waals surface area contributed by atoms with E-state index in [1.165, 1.54) is 5.56 Å². The Labute approximate surface area is 107 Å². The number of hydrogen-bond acceptors (Lipinski definition) is 3. The van der Waals surface area contributed by atoms with Crippen molar-refractivity contribution < 1.29 is 9.90 Å². The Kier molecular flexibility index (Phi) is 3.68. The van der Waals surface area contributed by atoms with Gasteiger partial charge in [0, 0.05) is 19.1 Å². The number of carboxylic acids is 1. The second kappa shape index (κ2) is 5.08. The Morgan fingerprint density at radius 2 is 2.17 bits per heavy atom. The van der Waals surface area contributed by atoms with Crippen molar-refractivity contribution in [1.82, 2.24) is 4.90 Å². The van der Waals surface area contributed by atoms with Crippen LogP contribution < -0.4 is 5.73 Å². The van der Waals surface area contributed by atoms with Crippen LogP contribution in [0.25, 0.3) is 0 Å². The Bertz CT molecular complexity index is 421. The molecule has 1 aliphatic rings. The second-order valence-corrected chi connectivity index (χ2v) is 5.22. The van der Waals surface area contributed by atoms with E-state index in [0.29, 0.717) is 19.0 Å². The summed E-state index contributed by atoms with van der Waals surface area (Å²) < 4.78 is 0. The number of benzene rings is 1. The molecule has 1 fully saturated rings. The van der Waals surface area contributed by atoms with Gasteiger partial charge in [-0.05, 0) is 25.3 Å². The van der Waals surface area contributed by atoms with E-state index in [9.17, 15) is 4.79 Å². The minimum atomic E-state index is -1.06. The molecule has 0 spiro atoms. The quantitative estimate of drug-likeness (QED) is 0.837. The molecule has 1 heterocycles. The van der Waals surface area contributed by atoms with E-state index in [1.54, 1.807) is 0 Å². The van der Waals surface area contributed by atoms with Crippen LogP contribution >= 0.6 is 0 Å². The Morgan fingerprint density at radius 3 is 2.72 bits per heavy atom. The van der Waals surface area contributed by atoms with Crippen LogP contribution in [-0.2, 0) is 11.2 Å². The number of aliphatic carboxylic acids is 1. The van der Waals surface area contributed by atoms with E-state index >= 15 is 0 Å². The molecule has 1 saturated heterocycles. The van der Waals surface area contributed by atoms with Gasteiger partial charge in [-0.25, -0.2) is 0 Å². The minimum absolute atomic E-state index is 0.317. The zero-order valence-electron chi connectivity index (χ0n) is 10.7. The van der Waals surface area contributed by atoms with Gasteiger partial charge in [-0.3, -0.25) is 9.69 Å². The number of nitrogens with zero attached hydrogens (tertiary/aromatic N) is 1. The second-order valence-electron chi connectivity index (χ2n) is 5.22. The van der Waals surface area contributed by atoms with Crippen molar-refractivity contribution >= 4 is 5.97 Å². The van der Waals surface area contributed by atoms with Crippen LogP contribution in [0.2, 0.25) is 0 Å². The van der Waals surface area contributed by atoms with Crippen molar-refractivity contribution in [2.75, 3.05) is 13.1 Å². The van der Waals surface area contributed by atoms with Gasteiger partial charge >= 0.3 is 5.97 Å². The van der Waals surface area contributed by atoms with Crippen LogP contribution in [0.5, 0.6) is 0 Å². The summed E-state index contributed by atoms with van der Waals surface area (Å²) in [5.41, 5.74) is 6.09. The lowest BCUT2D eigenvalue weighted by molar-refractivity contribution is -0.142. The smallest absolute Gasteiger partial charge is 0.325 e. The molecule has 1 aromatic rings. The fourth-order valence-corrected chi connectivity index (χ4v) is 2.50. The van der Waals surface area contributed by atoms with Gasteiger partial charge in [-0.15, -0.1) is 0 Å². The van der Waals surface area contributed by atoms with Crippen LogP contribution in [0.4, 0.5) is 0 Å². The summed E-state index contributed by atoms with van der Waals surface area (Å²) in [6.45, 7) is 3.33. The molecule has 2 unspecified atom stereocenters. The van der Waals surface area contributed by atoms with Crippen LogP contribution in [-0.4, -0.2) is 40.6 Å². The number of rotatable bonds is 4. The third-order valence-corrected chi connectivity index (χ3v) is 3.75. The van der Waals surface area contributed by atoms with Crippen molar-refractivity contribution in [2.24, 2.45) is 5.73 Å². The Morgan fingerprint density at radius 1 is 1.50 bits per heavy atom. The highest BCUT2D eigenvalue weighted by Crippen LogP contribution is 2.22.